The Morgan fingerprint density at radius 2 is 1.60 bits per heavy atom. The smallest absolute Gasteiger partial charge is 0.348 e. The molecule has 0 spiro atoms. The van der Waals surface area contributed by atoms with Crippen molar-refractivity contribution in [3.63, 3.8) is 0 Å². The number of thiophene rings is 1. The Morgan fingerprint density at radius 3 is 2.17 bits per heavy atom. The fraction of sp³-hybridized carbons (Fsp3) is 0.435. The van der Waals surface area contributed by atoms with Gasteiger partial charge in [0.05, 0.1) is 18.8 Å². The second kappa shape index (κ2) is 10.9. The molecule has 1 aromatic carbocycles. The van der Waals surface area contributed by atoms with E-state index in [1.165, 1.54) is 5.56 Å². The maximum absolute atomic E-state index is 12.5. The van der Waals surface area contributed by atoms with Crippen molar-refractivity contribution in [2.24, 2.45) is 0 Å². The van der Waals surface area contributed by atoms with Crippen molar-refractivity contribution >= 4 is 34.2 Å². The molecular formula is C23H29NO5S. The van der Waals surface area contributed by atoms with Gasteiger partial charge >= 0.3 is 11.9 Å². The molecule has 0 bridgehead atoms. The minimum absolute atomic E-state index is 0.197. The number of nitrogens with one attached hydrogen (secondary N) is 1. The van der Waals surface area contributed by atoms with Crippen LogP contribution in [0.15, 0.2) is 24.3 Å². The van der Waals surface area contributed by atoms with E-state index >= 15 is 0 Å². The summed E-state index contributed by atoms with van der Waals surface area (Å²) >= 11 is 1.04. The van der Waals surface area contributed by atoms with Gasteiger partial charge < -0.3 is 14.8 Å². The molecule has 30 heavy (non-hydrogen) atoms. The molecule has 2 aromatic rings. The quantitative estimate of drug-likeness (QED) is 0.558. The van der Waals surface area contributed by atoms with Crippen molar-refractivity contribution in [1.82, 2.24) is 0 Å². The molecule has 1 aromatic heterocycles. The topological polar surface area (TPSA) is 81.7 Å². The third-order valence-electron chi connectivity index (χ3n) is 4.63. The highest BCUT2D eigenvalue weighted by atomic mass is 32.1. The molecule has 2 rings (SSSR count). The van der Waals surface area contributed by atoms with Crippen LogP contribution >= 0.6 is 11.3 Å². The number of ether oxygens (including phenoxy) is 2. The molecule has 1 N–H and O–H groups in total. The summed E-state index contributed by atoms with van der Waals surface area (Å²) in [6, 6.07) is 8.21. The molecule has 7 heteroatoms. The van der Waals surface area contributed by atoms with E-state index in [1.54, 1.807) is 20.8 Å². The van der Waals surface area contributed by atoms with Crippen LogP contribution in [0.25, 0.3) is 0 Å². The number of esters is 2. The Labute approximate surface area is 181 Å². The zero-order chi connectivity index (χ0) is 22.3. The summed E-state index contributed by atoms with van der Waals surface area (Å²) < 4.78 is 10.2. The predicted molar refractivity (Wildman–Crippen MR) is 118 cm³/mol. The van der Waals surface area contributed by atoms with Crippen molar-refractivity contribution in [2.45, 2.75) is 53.4 Å². The van der Waals surface area contributed by atoms with E-state index in [4.69, 9.17) is 9.47 Å². The Bertz CT molecular complexity index is 899. The largest absolute Gasteiger partial charge is 0.462 e. The third kappa shape index (κ3) is 5.92. The molecule has 1 amide bonds. The van der Waals surface area contributed by atoms with Gasteiger partial charge in [0.2, 0.25) is 5.91 Å². The van der Waals surface area contributed by atoms with Gasteiger partial charge in [-0.1, -0.05) is 38.1 Å². The van der Waals surface area contributed by atoms with Crippen LogP contribution in [-0.2, 0) is 20.7 Å². The van der Waals surface area contributed by atoms with E-state index in [9.17, 15) is 14.4 Å². The van der Waals surface area contributed by atoms with Crippen LogP contribution in [0.3, 0.4) is 0 Å². The number of anilines is 1. The molecule has 6 nitrogen and oxygen atoms in total. The lowest BCUT2D eigenvalue weighted by Crippen LogP contribution is -2.15. The number of hydrogen-bond donors (Lipinski definition) is 1. The first-order chi connectivity index (χ1) is 14.3. The van der Waals surface area contributed by atoms with Crippen LogP contribution < -0.4 is 5.32 Å². The van der Waals surface area contributed by atoms with E-state index in [1.807, 2.05) is 12.1 Å². The van der Waals surface area contributed by atoms with Crippen molar-refractivity contribution in [3.8, 4) is 0 Å². The molecule has 0 unspecified atom stereocenters. The van der Waals surface area contributed by atoms with Crippen LogP contribution in [0.4, 0.5) is 5.00 Å². The standard InChI is InChI=1S/C23H29NO5S/c1-6-28-22(26)19-15(5)20(23(27)29-7-2)30-21(19)24-18(25)13-10-16-8-11-17(12-9-16)14(3)4/h8-9,11-12,14H,6-7,10,13H2,1-5H3,(H,24,25). The number of rotatable bonds is 9. The fourth-order valence-electron chi connectivity index (χ4n) is 2.96. The molecule has 0 saturated carbocycles. The lowest BCUT2D eigenvalue weighted by molar-refractivity contribution is -0.116. The number of amides is 1. The summed E-state index contributed by atoms with van der Waals surface area (Å²) in [6.45, 7) is 9.76. The number of aryl methyl sites for hydroxylation is 1. The summed E-state index contributed by atoms with van der Waals surface area (Å²) in [6.07, 6.45) is 0.836. The van der Waals surface area contributed by atoms with Gasteiger partial charge in [-0.05, 0) is 49.8 Å². The van der Waals surface area contributed by atoms with E-state index < -0.39 is 11.9 Å². The SMILES string of the molecule is CCOC(=O)c1sc(NC(=O)CCc2ccc(C(C)C)cc2)c(C(=O)OCC)c1C. The first kappa shape index (κ1) is 23.6. The maximum atomic E-state index is 12.5. The molecule has 0 radical (unpaired) electrons. The number of carbonyl (C=O) groups is 3. The average molecular weight is 432 g/mol. The first-order valence-electron chi connectivity index (χ1n) is 10.1. The summed E-state index contributed by atoms with van der Waals surface area (Å²) in [4.78, 5) is 37.4. The molecule has 0 saturated heterocycles. The minimum Gasteiger partial charge on any atom is -0.462 e. The second-order valence-electron chi connectivity index (χ2n) is 7.15. The minimum atomic E-state index is -0.568. The van der Waals surface area contributed by atoms with Gasteiger partial charge in [0.15, 0.2) is 0 Å². The molecule has 0 atom stereocenters. The van der Waals surface area contributed by atoms with Crippen LogP contribution in [-0.4, -0.2) is 31.1 Å². The van der Waals surface area contributed by atoms with Gasteiger partial charge in [0.1, 0.15) is 9.88 Å². The molecular weight excluding hydrogens is 402 g/mol. The zero-order valence-corrected chi connectivity index (χ0v) is 19.0. The van der Waals surface area contributed by atoms with E-state index in [-0.39, 0.29) is 31.1 Å². The highest BCUT2D eigenvalue weighted by Crippen LogP contribution is 2.34. The highest BCUT2D eigenvalue weighted by Gasteiger charge is 2.27. The summed E-state index contributed by atoms with van der Waals surface area (Å²) in [7, 11) is 0. The number of carbonyl (C=O) groups excluding carboxylic acids is 3. The van der Waals surface area contributed by atoms with Crippen molar-refractivity contribution in [1.29, 1.82) is 0 Å². The lowest BCUT2D eigenvalue weighted by Gasteiger charge is -2.08. The predicted octanol–water partition coefficient (Wildman–Crippen LogP) is 5.10. The fourth-order valence-corrected chi connectivity index (χ4v) is 4.06. The van der Waals surface area contributed by atoms with Crippen LogP contribution in [0, 0.1) is 6.92 Å². The summed E-state index contributed by atoms with van der Waals surface area (Å²) in [5.41, 5.74) is 2.98. The molecule has 0 fully saturated rings. The summed E-state index contributed by atoms with van der Waals surface area (Å²) in [5, 5.41) is 3.09. The molecule has 0 aliphatic heterocycles. The van der Waals surface area contributed by atoms with Gasteiger partial charge in [0.25, 0.3) is 0 Å². The normalized spacial score (nSPS) is 10.7. The average Bonchev–Trinajstić information content (AvgIpc) is 3.03. The molecule has 1 heterocycles. The van der Waals surface area contributed by atoms with Crippen molar-refractivity contribution in [2.75, 3.05) is 18.5 Å². The Hall–Kier alpha value is -2.67. The zero-order valence-electron chi connectivity index (χ0n) is 18.2. The summed E-state index contributed by atoms with van der Waals surface area (Å²) in [5.74, 6) is -0.859. The van der Waals surface area contributed by atoms with Crippen LogP contribution in [0.1, 0.15) is 76.8 Å². The first-order valence-corrected chi connectivity index (χ1v) is 11.0. The molecule has 0 aliphatic rings. The van der Waals surface area contributed by atoms with Crippen molar-refractivity contribution in [3.05, 3.63) is 51.4 Å². The highest BCUT2D eigenvalue weighted by molar-refractivity contribution is 7.18. The van der Waals surface area contributed by atoms with Crippen LogP contribution in [0.5, 0.6) is 0 Å². The Balaban J connectivity index is 2.14. The van der Waals surface area contributed by atoms with Crippen LogP contribution in [0.2, 0.25) is 0 Å². The van der Waals surface area contributed by atoms with Gasteiger partial charge in [-0.25, -0.2) is 9.59 Å². The van der Waals surface area contributed by atoms with E-state index in [2.05, 4.69) is 31.3 Å². The number of benzene rings is 1. The van der Waals surface area contributed by atoms with E-state index in [0.29, 0.717) is 27.8 Å². The van der Waals surface area contributed by atoms with Gasteiger partial charge in [0, 0.05) is 6.42 Å². The van der Waals surface area contributed by atoms with Gasteiger partial charge in [-0.3, -0.25) is 4.79 Å². The van der Waals surface area contributed by atoms with E-state index in [0.717, 1.165) is 16.9 Å². The van der Waals surface area contributed by atoms with Gasteiger partial charge in [-0.2, -0.15) is 0 Å². The molecule has 162 valence electrons. The van der Waals surface area contributed by atoms with Gasteiger partial charge in [-0.15, -0.1) is 11.3 Å². The molecule has 0 aliphatic carbocycles. The van der Waals surface area contributed by atoms with Crippen molar-refractivity contribution < 1.29 is 23.9 Å². The Morgan fingerprint density at radius 1 is 1.00 bits per heavy atom. The monoisotopic (exact) mass is 431 g/mol. The Kier molecular flexibility index (Phi) is 8.59. The third-order valence-corrected chi connectivity index (χ3v) is 5.81. The maximum Gasteiger partial charge on any atom is 0.348 e. The second-order valence-corrected chi connectivity index (χ2v) is 8.17. The number of hydrogen-bond acceptors (Lipinski definition) is 6. The lowest BCUT2D eigenvalue weighted by atomic mass is 10.0.